The van der Waals surface area contributed by atoms with Crippen molar-refractivity contribution in [2.45, 2.75) is 75.3 Å². The molecule has 0 N–H and O–H groups in total. The third kappa shape index (κ3) is 4.80. The molecule has 0 aromatic heterocycles. The van der Waals surface area contributed by atoms with Gasteiger partial charge in [-0.3, -0.25) is 0 Å². The molecule has 1 aliphatic rings. The molecule has 0 amide bonds. The third-order valence-electron chi connectivity index (χ3n) is 6.72. The van der Waals surface area contributed by atoms with Gasteiger partial charge in [0.1, 0.15) is 0 Å². The van der Waals surface area contributed by atoms with Gasteiger partial charge in [-0.05, 0) is 54.2 Å². The maximum Gasteiger partial charge on any atom is 0.438 e. The van der Waals surface area contributed by atoms with Crippen LogP contribution in [0.1, 0.15) is 62.5 Å². The van der Waals surface area contributed by atoms with Crippen LogP contribution in [0.3, 0.4) is 0 Å². The van der Waals surface area contributed by atoms with Crippen molar-refractivity contribution in [1.29, 1.82) is 0 Å². The smallest absolute Gasteiger partial charge is 0.216 e. The summed E-state index contributed by atoms with van der Waals surface area (Å²) in [4.78, 5) is 0. The molecule has 0 bridgehead atoms. The van der Waals surface area contributed by atoms with Crippen LogP contribution in [0.5, 0.6) is 0 Å². The van der Waals surface area contributed by atoms with Crippen LogP contribution in [-0.2, 0) is 5.92 Å². The Morgan fingerprint density at radius 3 is 1.50 bits per heavy atom. The molecule has 1 fully saturated rings. The molecule has 0 saturated heterocycles. The van der Waals surface area contributed by atoms with Crippen LogP contribution in [0.15, 0.2) is 48.5 Å². The fourth-order valence-corrected chi connectivity index (χ4v) is 4.73. The Hall–Kier alpha value is -2.19. The monoisotopic (exact) mass is 496 g/mol. The Labute approximate surface area is 192 Å². The molecule has 0 aliphatic heterocycles. The molecule has 1 saturated carbocycles. The van der Waals surface area contributed by atoms with Gasteiger partial charge in [-0.2, -0.15) is 35.1 Å². The van der Waals surface area contributed by atoms with Crippen molar-refractivity contribution in [3.05, 3.63) is 59.7 Å². The maximum absolute atomic E-state index is 14.3. The Balaban J connectivity index is 1.79. The summed E-state index contributed by atoms with van der Waals surface area (Å²) in [7, 11) is 0. The van der Waals surface area contributed by atoms with Crippen molar-refractivity contribution in [3.63, 3.8) is 0 Å². The third-order valence-corrected chi connectivity index (χ3v) is 6.72. The van der Waals surface area contributed by atoms with Gasteiger partial charge in [-0.1, -0.05) is 68.3 Å². The summed E-state index contributed by atoms with van der Waals surface area (Å²) in [5.74, 6) is -4.72. The minimum atomic E-state index is -6.86. The fraction of sp³-hybridized carbons (Fsp3) is 0.520. The number of hydrogen-bond donors (Lipinski definition) is 0. The molecule has 0 spiro atoms. The van der Waals surface area contributed by atoms with E-state index in [1.807, 2.05) is 12.1 Å². The predicted octanol–water partition coefficient (Wildman–Crippen LogP) is 9.35. The lowest BCUT2D eigenvalue weighted by molar-refractivity contribution is -0.400. The summed E-state index contributed by atoms with van der Waals surface area (Å²) in [6.45, 7) is 2.17. The van der Waals surface area contributed by atoms with Crippen LogP contribution in [-0.4, -0.2) is 18.0 Å². The number of hydrogen-bond acceptors (Lipinski definition) is 0. The van der Waals surface area contributed by atoms with Crippen LogP contribution in [0.25, 0.3) is 11.1 Å². The van der Waals surface area contributed by atoms with Gasteiger partial charge in [0.15, 0.2) is 0 Å². The summed E-state index contributed by atoms with van der Waals surface area (Å²) < 4.78 is 119. The van der Waals surface area contributed by atoms with Gasteiger partial charge in [0.2, 0.25) is 0 Å². The van der Waals surface area contributed by atoms with Gasteiger partial charge in [-0.15, -0.1) is 0 Å². The Kier molecular flexibility index (Phi) is 7.35. The first-order chi connectivity index (χ1) is 15.7. The first-order valence-corrected chi connectivity index (χ1v) is 11.1. The van der Waals surface area contributed by atoms with Crippen LogP contribution in [0.4, 0.5) is 39.5 Å². The van der Waals surface area contributed by atoms with E-state index in [2.05, 4.69) is 6.92 Å². The van der Waals surface area contributed by atoms with Crippen molar-refractivity contribution >= 4 is 0 Å². The van der Waals surface area contributed by atoms with E-state index in [4.69, 9.17) is 0 Å². The number of halogens is 9. The molecule has 3 rings (SSSR count). The highest BCUT2D eigenvalue weighted by atomic mass is 19.4. The lowest BCUT2D eigenvalue weighted by atomic mass is 9.77. The SMILES string of the molecule is CCCC1CCC(c2ccc(-c3ccc(C(F)(F)C(F)(C(F)(F)F)C(F)(F)F)cc3)cc2)CC1. The molecule has 188 valence electrons. The van der Waals surface area contributed by atoms with Crippen LogP contribution < -0.4 is 0 Å². The highest BCUT2D eigenvalue weighted by molar-refractivity contribution is 5.64. The zero-order valence-electron chi connectivity index (χ0n) is 18.4. The predicted molar refractivity (Wildman–Crippen MR) is 111 cm³/mol. The molecule has 0 atom stereocenters. The average Bonchev–Trinajstić information content (AvgIpc) is 2.78. The standard InChI is InChI=1S/C25H25F9/c1-2-3-16-4-6-17(7-5-16)18-8-10-19(11-9-18)20-12-14-21(15-13-20)22(26,27)23(28,24(29,30)31)25(32,33)34/h8-17H,2-7H2,1H3. The second kappa shape index (κ2) is 9.46. The zero-order chi connectivity index (χ0) is 25.4. The molecule has 1 aliphatic carbocycles. The number of alkyl halides is 9. The molecule has 34 heavy (non-hydrogen) atoms. The molecular formula is C25H25F9. The lowest BCUT2D eigenvalue weighted by Crippen LogP contribution is -2.63. The van der Waals surface area contributed by atoms with E-state index in [9.17, 15) is 39.5 Å². The highest BCUT2D eigenvalue weighted by Crippen LogP contribution is 2.58. The summed E-state index contributed by atoms with van der Waals surface area (Å²) in [5.41, 5.74) is -6.45. The van der Waals surface area contributed by atoms with E-state index in [0.717, 1.165) is 55.7 Å². The van der Waals surface area contributed by atoms with E-state index in [1.165, 1.54) is 6.42 Å². The van der Waals surface area contributed by atoms with Gasteiger partial charge >= 0.3 is 23.9 Å². The van der Waals surface area contributed by atoms with E-state index in [0.29, 0.717) is 29.2 Å². The quantitative estimate of drug-likeness (QED) is 0.350. The second-order valence-corrected chi connectivity index (χ2v) is 8.93. The Bertz CT molecular complexity index is 918. The summed E-state index contributed by atoms with van der Waals surface area (Å²) >= 11 is 0. The van der Waals surface area contributed by atoms with Gasteiger partial charge in [0.05, 0.1) is 0 Å². The van der Waals surface area contributed by atoms with E-state index in [-0.39, 0.29) is 0 Å². The van der Waals surface area contributed by atoms with Crippen LogP contribution in [0.2, 0.25) is 0 Å². The number of rotatable bonds is 6. The van der Waals surface area contributed by atoms with Crippen molar-refractivity contribution < 1.29 is 39.5 Å². The van der Waals surface area contributed by atoms with Crippen LogP contribution in [0, 0.1) is 5.92 Å². The van der Waals surface area contributed by atoms with Crippen LogP contribution >= 0.6 is 0 Å². The van der Waals surface area contributed by atoms with Crippen molar-refractivity contribution in [3.8, 4) is 11.1 Å². The minimum absolute atomic E-state index is 0.307. The van der Waals surface area contributed by atoms with Gasteiger partial charge in [-0.25, -0.2) is 4.39 Å². The molecule has 0 unspecified atom stereocenters. The van der Waals surface area contributed by atoms with Crippen molar-refractivity contribution in [1.82, 2.24) is 0 Å². The molecule has 0 nitrogen and oxygen atoms in total. The van der Waals surface area contributed by atoms with E-state index < -0.39 is 29.5 Å². The largest absolute Gasteiger partial charge is 0.438 e. The molecule has 0 radical (unpaired) electrons. The summed E-state index contributed by atoms with van der Waals surface area (Å²) in [6.07, 6.45) is -6.90. The lowest BCUT2D eigenvalue weighted by Gasteiger charge is -2.36. The molecule has 0 heterocycles. The normalized spacial score (nSPS) is 20.4. The Morgan fingerprint density at radius 2 is 1.09 bits per heavy atom. The van der Waals surface area contributed by atoms with Gasteiger partial charge in [0, 0.05) is 5.56 Å². The summed E-state index contributed by atoms with van der Waals surface area (Å²) in [6, 6.07) is 9.94. The first-order valence-electron chi connectivity index (χ1n) is 11.1. The first kappa shape index (κ1) is 26.4. The Morgan fingerprint density at radius 1 is 0.647 bits per heavy atom. The molecule has 2 aromatic rings. The molecular weight excluding hydrogens is 471 g/mol. The summed E-state index contributed by atoms with van der Waals surface area (Å²) in [5, 5.41) is 0. The topological polar surface area (TPSA) is 0 Å². The van der Waals surface area contributed by atoms with Crippen molar-refractivity contribution in [2.75, 3.05) is 0 Å². The second-order valence-electron chi connectivity index (χ2n) is 8.93. The zero-order valence-corrected chi connectivity index (χ0v) is 18.4. The molecule has 2 aromatic carbocycles. The highest BCUT2D eigenvalue weighted by Gasteiger charge is 2.84. The van der Waals surface area contributed by atoms with Crippen molar-refractivity contribution in [2.24, 2.45) is 5.92 Å². The minimum Gasteiger partial charge on any atom is -0.216 e. The average molecular weight is 496 g/mol. The maximum atomic E-state index is 14.3. The van der Waals surface area contributed by atoms with Gasteiger partial charge < -0.3 is 0 Å². The fourth-order valence-electron chi connectivity index (χ4n) is 4.73. The van der Waals surface area contributed by atoms with E-state index in [1.54, 1.807) is 12.1 Å². The van der Waals surface area contributed by atoms with Gasteiger partial charge in [0.25, 0.3) is 0 Å². The molecule has 9 heteroatoms. The number of benzene rings is 2. The van der Waals surface area contributed by atoms with E-state index >= 15 is 0 Å².